The molecule has 36 heavy (non-hydrogen) atoms. The van der Waals surface area contributed by atoms with Gasteiger partial charge in [0.1, 0.15) is 0 Å². The maximum atomic E-state index is 2.43. The van der Waals surface area contributed by atoms with Gasteiger partial charge in [-0.15, -0.1) is 0 Å². The van der Waals surface area contributed by atoms with Crippen LogP contribution in [0.1, 0.15) is 0 Å². The lowest BCUT2D eigenvalue weighted by Crippen LogP contribution is -1.92. The Hall–Kier alpha value is -4.68. The minimum Gasteiger partial charge on any atom is -0.0616 e. The third-order valence-electron chi connectivity index (χ3n) is 8.28. The first-order valence-electron chi connectivity index (χ1n) is 12.6. The smallest absolute Gasteiger partial charge is 0.000719 e. The zero-order valence-corrected chi connectivity index (χ0v) is 19.5. The molecule has 9 aromatic rings. The Kier molecular flexibility index (Phi) is 3.36. The van der Waals surface area contributed by atoms with Crippen molar-refractivity contribution in [2.45, 2.75) is 0 Å². The third-order valence-corrected chi connectivity index (χ3v) is 8.28. The second-order valence-electron chi connectivity index (χ2n) is 10.1. The molecule has 0 heterocycles. The van der Waals surface area contributed by atoms with E-state index in [1.807, 2.05) is 0 Å². The fraction of sp³-hybridized carbons (Fsp3) is 0. The molecule has 0 aromatic heterocycles. The fourth-order valence-electron chi connectivity index (χ4n) is 6.81. The summed E-state index contributed by atoms with van der Waals surface area (Å²) < 4.78 is 0. The molecule has 0 aliphatic carbocycles. The minimum absolute atomic E-state index is 1.29. The molecule has 0 saturated heterocycles. The maximum Gasteiger partial charge on any atom is -0.000719 e. The van der Waals surface area contributed by atoms with E-state index in [2.05, 4.69) is 121 Å². The second-order valence-corrected chi connectivity index (χ2v) is 10.1. The lowest BCUT2D eigenvalue weighted by Gasteiger charge is -2.21. The van der Waals surface area contributed by atoms with Crippen LogP contribution in [0.3, 0.4) is 0 Å². The van der Waals surface area contributed by atoms with Crippen LogP contribution < -0.4 is 0 Å². The molecular weight excluding hydrogens is 432 g/mol. The van der Waals surface area contributed by atoms with Gasteiger partial charge in [0.15, 0.2) is 0 Å². The van der Waals surface area contributed by atoms with Crippen LogP contribution in [0.25, 0.3) is 86.2 Å². The highest BCUT2D eigenvalue weighted by Crippen LogP contribution is 2.49. The number of rotatable bonds is 0. The van der Waals surface area contributed by atoms with E-state index in [1.165, 1.54) is 86.2 Å². The summed E-state index contributed by atoms with van der Waals surface area (Å²) in [6, 6.07) is 45.2. The number of fused-ring (bicyclic) bond motifs is 11. The Morgan fingerprint density at radius 3 is 0.972 bits per heavy atom. The van der Waals surface area contributed by atoms with E-state index < -0.39 is 0 Å². The Balaban J connectivity index is 1.78. The van der Waals surface area contributed by atoms with Crippen LogP contribution >= 0.6 is 0 Å². The van der Waals surface area contributed by atoms with Crippen LogP contribution in [-0.4, -0.2) is 0 Å². The van der Waals surface area contributed by atoms with Gasteiger partial charge in [-0.1, -0.05) is 97.1 Å². The van der Waals surface area contributed by atoms with Gasteiger partial charge in [0.2, 0.25) is 0 Å². The van der Waals surface area contributed by atoms with Crippen LogP contribution in [0.5, 0.6) is 0 Å². The minimum atomic E-state index is 1.29. The number of benzene rings is 9. The van der Waals surface area contributed by atoms with Gasteiger partial charge in [-0.2, -0.15) is 0 Å². The van der Waals surface area contributed by atoms with Gasteiger partial charge in [-0.25, -0.2) is 0 Å². The summed E-state index contributed by atoms with van der Waals surface area (Å²) in [5.41, 5.74) is 0. The van der Waals surface area contributed by atoms with Gasteiger partial charge in [-0.3, -0.25) is 0 Å². The normalized spacial score (nSPS) is 12.4. The van der Waals surface area contributed by atoms with Crippen LogP contribution in [0, 0.1) is 0 Å². The standard InChI is InChI=1S/C36H20/c1-2-10-22-18-32-31(17-21(22)9-1)33-25-13-5-3-11-23(25)19-29-27-15-7-8-16-28(27)30-20-24-12-4-6-14-26(24)34(32)36(30)35(29)33/h1-20H. The Labute approximate surface area is 207 Å². The van der Waals surface area contributed by atoms with Crippen LogP contribution in [0.15, 0.2) is 121 Å². The van der Waals surface area contributed by atoms with Crippen molar-refractivity contribution >= 4 is 86.2 Å². The summed E-state index contributed by atoms with van der Waals surface area (Å²) in [6.07, 6.45) is 0. The molecule has 0 nitrogen and oxygen atoms in total. The lowest BCUT2D eigenvalue weighted by molar-refractivity contribution is 1.79. The fourth-order valence-corrected chi connectivity index (χ4v) is 6.81. The molecule has 164 valence electrons. The summed E-state index contributed by atoms with van der Waals surface area (Å²) in [7, 11) is 0. The molecule has 0 atom stereocenters. The summed E-state index contributed by atoms with van der Waals surface area (Å²) in [5, 5.41) is 21.4. The van der Waals surface area contributed by atoms with E-state index in [0.717, 1.165) is 0 Å². The van der Waals surface area contributed by atoms with Gasteiger partial charge >= 0.3 is 0 Å². The van der Waals surface area contributed by atoms with Crippen LogP contribution in [0.4, 0.5) is 0 Å². The van der Waals surface area contributed by atoms with Gasteiger partial charge in [0, 0.05) is 0 Å². The first-order valence-corrected chi connectivity index (χ1v) is 12.6. The molecule has 0 amide bonds. The highest BCUT2D eigenvalue weighted by Gasteiger charge is 2.21. The summed E-state index contributed by atoms with van der Waals surface area (Å²) in [6.45, 7) is 0. The highest BCUT2D eigenvalue weighted by molar-refractivity contribution is 6.47. The molecule has 0 bridgehead atoms. The summed E-state index contributed by atoms with van der Waals surface area (Å²) >= 11 is 0. The zero-order chi connectivity index (χ0) is 23.4. The molecule has 0 unspecified atom stereocenters. The Bertz CT molecular complexity index is 2190. The Morgan fingerprint density at radius 2 is 0.528 bits per heavy atom. The molecule has 0 fully saturated rings. The molecule has 0 radical (unpaired) electrons. The van der Waals surface area contributed by atoms with Crippen molar-refractivity contribution in [2.24, 2.45) is 0 Å². The monoisotopic (exact) mass is 452 g/mol. The van der Waals surface area contributed by atoms with Crippen molar-refractivity contribution in [3.8, 4) is 0 Å². The Morgan fingerprint density at radius 1 is 0.222 bits per heavy atom. The van der Waals surface area contributed by atoms with E-state index in [0.29, 0.717) is 0 Å². The van der Waals surface area contributed by atoms with E-state index in [4.69, 9.17) is 0 Å². The second kappa shape index (κ2) is 6.50. The molecule has 9 rings (SSSR count). The molecular formula is C36H20. The van der Waals surface area contributed by atoms with Gasteiger partial charge < -0.3 is 0 Å². The molecule has 0 heteroatoms. The molecule has 0 aliphatic rings. The quantitative estimate of drug-likeness (QED) is 0.159. The SMILES string of the molecule is c1ccc2cc3c(cc2c1)c1c2ccccc2cc2c4ccccc4c4cc5ccccc5c3c4c21. The lowest BCUT2D eigenvalue weighted by atomic mass is 9.82. The van der Waals surface area contributed by atoms with Crippen molar-refractivity contribution in [1.82, 2.24) is 0 Å². The van der Waals surface area contributed by atoms with E-state index in [-0.39, 0.29) is 0 Å². The predicted molar refractivity (Wildman–Crippen MR) is 158 cm³/mol. The molecule has 0 N–H and O–H groups in total. The third kappa shape index (κ3) is 2.20. The average Bonchev–Trinajstić information content (AvgIpc) is 2.94. The van der Waals surface area contributed by atoms with Crippen molar-refractivity contribution in [3.63, 3.8) is 0 Å². The summed E-state index contributed by atoms with van der Waals surface area (Å²) in [4.78, 5) is 0. The highest BCUT2D eigenvalue weighted by atomic mass is 14.2. The predicted octanol–water partition coefficient (Wildman–Crippen LogP) is 10.3. The summed E-state index contributed by atoms with van der Waals surface area (Å²) in [5.74, 6) is 0. The van der Waals surface area contributed by atoms with E-state index >= 15 is 0 Å². The van der Waals surface area contributed by atoms with Crippen molar-refractivity contribution < 1.29 is 0 Å². The van der Waals surface area contributed by atoms with Gasteiger partial charge in [0.25, 0.3) is 0 Å². The van der Waals surface area contributed by atoms with Gasteiger partial charge in [0.05, 0.1) is 0 Å². The number of hydrogen-bond acceptors (Lipinski definition) is 0. The molecule has 0 aliphatic heterocycles. The molecule has 9 aromatic carbocycles. The average molecular weight is 453 g/mol. The first kappa shape index (κ1) is 18.6. The molecule has 0 spiro atoms. The van der Waals surface area contributed by atoms with Crippen LogP contribution in [0.2, 0.25) is 0 Å². The van der Waals surface area contributed by atoms with E-state index in [1.54, 1.807) is 0 Å². The maximum absolute atomic E-state index is 2.43. The largest absolute Gasteiger partial charge is 0.0616 e. The number of hydrogen-bond donors (Lipinski definition) is 0. The first-order chi connectivity index (χ1) is 17.9. The van der Waals surface area contributed by atoms with Crippen molar-refractivity contribution in [3.05, 3.63) is 121 Å². The van der Waals surface area contributed by atoms with Crippen molar-refractivity contribution in [1.29, 1.82) is 0 Å². The van der Waals surface area contributed by atoms with Crippen LogP contribution in [-0.2, 0) is 0 Å². The van der Waals surface area contributed by atoms with E-state index in [9.17, 15) is 0 Å². The zero-order valence-electron chi connectivity index (χ0n) is 19.5. The topological polar surface area (TPSA) is 0 Å². The van der Waals surface area contributed by atoms with Crippen molar-refractivity contribution in [2.75, 3.05) is 0 Å². The molecule has 0 saturated carbocycles. The van der Waals surface area contributed by atoms with Gasteiger partial charge in [-0.05, 0) is 110 Å².